The number of nitrogen functional groups attached to an aromatic ring is 1. The van der Waals surface area contributed by atoms with E-state index in [4.69, 9.17) is 5.73 Å². The highest BCUT2D eigenvalue weighted by atomic mass is 16.2. The standard InChI is InChI=1S/C13H22N4O/c1-5-9-10(14)11(16(4)15-9)12(18)17-7-6-13(2,3)8-17/h5-8,14H2,1-4H3. The molecule has 0 radical (unpaired) electrons. The normalized spacial score (nSPS) is 18.3. The molecule has 2 heterocycles. The number of nitrogens with zero attached hydrogens (tertiary/aromatic N) is 3. The van der Waals surface area contributed by atoms with Crippen molar-refractivity contribution in [1.82, 2.24) is 14.7 Å². The van der Waals surface area contributed by atoms with Crippen molar-refractivity contribution in [3.8, 4) is 0 Å². The Morgan fingerprint density at radius 1 is 1.50 bits per heavy atom. The van der Waals surface area contributed by atoms with E-state index in [1.165, 1.54) is 0 Å². The SMILES string of the molecule is CCc1nn(C)c(C(=O)N2CCC(C)(C)C2)c1N. The van der Waals surface area contributed by atoms with E-state index in [-0.39, 0.29) is 11.3 Å². The van der Waals surface area contributed by atoms with Gasteiger partial charge in [0, 0.05) is 20.1 Å². The maximum Gasteiger partial charge on any atom is 0.274 e. The minimum absolute atomic E-state index is 0.00720. The Labute approximate surface area is 108 Å². The third kappa shape index (κ3) is 2.09. The molecule has 0 spiro atoms. The summed E-state index contributed by atoms with van der Waals surface area (Å²) < 4.78 is 1.61. The van der Waals surface area contributed by atoms with Crippen LogP contribution < -0.4 is 5.73 Å². The highest BCUT2D eigenvalue weighted by Gasteiger charge is 2.34. The van der Waals surface area contributed by atoms with Gasteiger partial charge in [-0.3, -0.25) is 9.48 Å². The van der Waals surface area contributed by atoms with E-state index in [0.29, 0.717) is 11.4 Å². The molecular formula is C13H22N4O. The fourth-order valence-corrected chi connectivity index (χ4v) is 2.55. The average Bonchev–Trinajstić information content (AvgIpc) is 2.78. The molecule has 0 atom stereocenters. The van der Waals surface area contributed by atoms with Crippen molar-refractivity contribution in [2.75, 3.05) is 18.8 Å². The van der Waals surface area contributed by atoms with E-state index in [2.05, 4.69) is 18.9 Å². The van der Waals surface area contributed by atoms with Crippen molar-refractivity contribution in [2.45, 2.75) is 33.6 Å². The molecule has 0 bridgehead atoms. The molecule has 0 aliphatic carbocycles. The third-order valence-corrected chi connectivity index (χ3v) is 3.66. The number of anilines is 1. The first kappa shape index (κ1) is 12.9. The monoisotopic (exact) mass is 250 g/mol. The van der Waals surface area contributed by atoms with Gasteiger partial charge in [-0.25, -0.2) is 0 Å². The predicted molar refractivity (Wildman–Crippen MR) is 71.3 cm³/mol. The van der Waals surface area contributed by atoms with Crippen molar-refractivity contribution >= 4 is 11.6 Å². The third-order valence-electron chi connectivity index (χ3n) is 3.66. The summed E-state index contributed by atoms with van der Waals surface area (Å²) in [4.78, 5) is 14.4. The number of carbonyl (C=O) groups is 1. The Morgan fingerprint density at radius 2 is 2.17 bits per heavy atom. The Kier molecular flexibility index (Phi) is 3.09. The number of likely N-dealkylation sites (tertiary alicyclic amines) is 1. The van der Waals surface area contributed by atoms with E-state index in [1.54, 1.807) is 11.7 Å². The van der Waals surface area contributed by atoms with E-state index < -0.39 is 0 Å². The molecule has 1 fully saturated rings. The van der Waals surface area contributed by atoms with Crippen molar-refractivity contribution in [2.24, 2.45) is 12.5 Å². The van der Waals surface area contributed by atoms with E-state index in [9.17, 15) is 4.79 Å². The molecule has 0 saturated carbocycles. The van der Waals surface area contributed by atoms with Gasteiger partial charge in [0.15, 0.2) is 0 Å². The second kappa shape index (κ2) is 4.30. The summed E-state index contributed by atoms with van der Waals surface area (Å²) in [5.41, 5.74) is 8.10. The predicted octanol–water partition coefficient (Wildman–Crippen LogP) is 1.44. The highest BCUT2D eigenvalue weighted by molar-refractivity contribution is 5.98. The van der Waals surface area contributed by atoms with Crippen molar-refractivity contribution < 1.29 is 4.79 Å². The molecule has 5 heteroatoms. The second-order valence-electron chi connectivity index (χ2n) is 5.83. The number of carbonyl (C=O) groups excluding carboxylic acids is 1. The zero-order valence-electron chi connectivity index (χ0n) is 11.7. The van der Waals surface area contributed by atoms with Crippen LogP contribution in [0.5, 0.6) is 0 Å². The maximum absolute atomic E-state index is 12.5. The van der Waals surface area contributed by atoms with Crippen LogP contribution in [0.2, 0.25) is 0 Å². The second-order valence-corrected chi connectivity index (χ2v) is 5.83. The van der Waals surface area contributed by atoms with Crippen molar-refractivity contribution in [3.05, 3.63) is 11.4 Å². The van der Waals surface area contributed by atoms with Gasteiger partial charge in [0.25, 0.3) is 5.91 Å². The molecule has 5 nitrogen and oxygen atoms in total. The van der Waals surface area contributed by atoms with Gasteiger partial charge < -0.3 is 10.6 Å². The molecule has 1 aromatic heterocycles. The van der Waals surface area contributed by atoms with E-state index in [0.717, 1.165) is 31.6 Å². The maximum atomic E-state index is 12.5. The van der Waals surface area contributed by atoms with Crippen LogP contribution in [0.4, 0.5) is 5.69 Å². The lowest BCUT2D eigenvalue weighted by Gasteiger charge is -2.20. The fourth-order valence-electron chi connectivity index (χ4n) is 2.55. The summed E-state index contributed by atoms with van der Waals surface area (Å²) in [6.07, 6.45) is 1.79. The molecule has 2 rings (SSSR count). The summed E-state index contributed by atoms with van der Waals surface area (Å²) in [6, 6.07) is 0. The van der Waals surface area contributed by atoms with Gasteiger partial charge in [0.2, 0.25) is 0 Å². The molecule has 18 heavy (non-hydrogen) atoms. The van der Waals surface area contributed by atoms with Gasteiger partial charge in [-0.05, 0) is 18.3 Å². The van der Waals surface area contributed by atoms with Crippen molar-refractivity contribution in [3.63, 3.8) is 0 Å². The highest BCUT2D eigenvalue weighted by Crippen LogP contribution is 2.30. The Hall–Kier alpha value is -1.52. The number of aromatic nitrogens is 2. The first-order valence-electron chi connectivity index (χ1n) is 6.46. The molecule has 1 aliphatic rings. The fraction of sp³-hybridized carbons (Fsp3) is 0.692. The van der Waals surface area contributed by atoms with Crippen LogP contribution in [0.15, 0.2) is 0 Å². The molecule has 1 aromatic rings. The molecule has 0 aromatic carbocycles. The van der Waals surface area contributed by atoms with Crippen LogP contribution in [0.1, 0.15) is 43.4 Å². The summed E-state index contributed by atoms with van der Waals surface area (Å²) in [5, 5.41) is 4.30. The Balaban J connectivity index is 2.27. The zero-order chi connectivity index (χ0) is 13.5. The van der Waals surface area contributed by atoms with Crippen LogP contribution in [0.3, 0.4) is 0 Å². The number of hydrogen-bond donors (Lipinski definition) is 1. The molecule has 1 saturated heterocycles. The average molecular weight is 250 g/mol. The van der Waals surface area contributed by atoms with Crippen molar-refractivity contribution in [1.29, 1.82) is 0 Å². The zero-order valence-corrected chi connectivity index (χ0v) is 11.7. The van der Waals surface area contributed by atoms with Gasteiger partial charge in [-0.15, -0.1) is 0 Å². The molecule has 2 N–H and O–H groups in total. The van der Waals surface area contributed by atoms with Crippen LogP contribution in [-0.4, -0.2) is 33.7 Å². The molecule has 1 aliphatic heterocycles. The summed E-state index contributed by atoms with van der Waals surface area (Å²) in [5.74, 6) is 0.00720. The molecular weight excluding hydrogens is 228 g/mol. The van der Waals surface area contributed by atoms with Crippen LogP contribution >= 0.6 is 0 Å². The molecule has 100 valence electrons. The Morgan fingerprint density at radius 3 is 2.61 bits per heavy atom. The molecule has 0 unspecified atom stereocenters. The van der Waals surface area contributed by atoms with Gasteiger partial charge >= 0.3 is 0 Å². The molecule has 1 amide bonds. The van der Waals surface area contributed by atoms with E-state index >= 15 is 0 Å². The lowest BCUT2D eigenvalue weighted by atomic mass is 9.93. The number of hydrogen-bond acceptors (Lipinski definition) is 3. The number of nitrogens with two attached hydrogens (primary N) is 1. The topological polar surface area (TPSA) is 64.2 Å². The van der Waals surface area contributed by atoms with Gasteiger partial charge in [-0.1, -0.05) is 20.8 Å². The van der Waals surface area contributed by atoms with Crippen LogP contribution in [-0.2, 0) is 13.5 Å². The summed E-state index contributed by atoms with van der Waals surface area (Å²) in [6.45, 7) is 7.95. The summed E-state index contributed by atoms with van der Waals surface area (Å²) >= 11 is 0. The number of amides is 1. The quantitative estimate of drug-likeness (QED) is 0.863. The van der Waals surface area contributed by atoms with E-state index in [1.807, 2.05) is 11.8 Å². The number of aryl methyl sites for hydroxylation is 2. The number of rotatable bonds is 2. The lowest BCUT2D eigenvalue weighted by Crippen LogP contribution is -2.32. The largest absolute Gasteiger partial charge is 0.395 e. The first-order valence-corrected chi connectivity index (χ1v) is 6.46. The van der Waals surface area contributed by atoms with Gasteiger partial charge in [0.1, 0.15) is 5.69 Å². The smallest absolute Gasteiger partial charge is 0.274 e. The summed E-state index contributed by atoms with van der Waals surface area (Å²) in [7, 11) is 1.78. The van der Waals surface area contributed by atoms with Crippen LogP contribution in [0.25, 0.3) is 0 Å². The van der Waals surface area contributed by atoms with Gasteiger partial charge in [-0.2, -0.15) is 5.10 Å². The lowest BCUT2D eigenvalue weighted by molar-refractivity contribution is 0.0768. The minimum atomic E-state index is 0.00720. The van der Waals surface area contributed by atoms with Crippen LogP contribution in [0, 0.1) is 5.41 Å². The minimum Gasteiger partial charge on any atom is -0.395 e. The van der Waals surface area contributed by atoms with Gasteiger partial charge in [0.05, 0.1) is 11.4 Å². The first-order chi connectivity index (χ1) is 8.35. The Bertz CT molecular complexity index is 476.